The largest absolute Gasteiger partial charge is 0.465 e. The molecule has 6 heteroatoms. The molecule has 2 N–H and O–H groups in total. The zero-order valence-corrected chi connectivity index (χ0v) is 11.8. The first-order chi connectivity index (χ1) is 10.1. The van der Waals surface area contributed by atoms with Crippen molar-refractivity contribution in [1.29, 1.82) is 0 Å². The van der Waals surface area contributed by atoms with Crippen LogP contribution in [0.4, 0.5) is 5.69 Å². The molecule has 0 aliphatic heterocycles. The summed E-state index contributed by atoms with van der Waals surface area (Å²) in [6, 6.07) is 10.1. The number of rotatable bonds is 2. The standard InChI is InChI=1S/C15H11ClN2O3/c1-20-15(19)9-4-2-8(3-5-9)14-18-12-7-10(17)6-11(16)13(12)21-14/h2-7H,17H2,1H3. The van der Waals surface area contributed by atoms with Gasteiger partial charge in [0.15, 0.2) is 5.58 Å². The zero-order chi connectivity index (χ0) is 15.0. The second-order valence-electron chi connectivity index (χ2n) is 4.44. The Labute approximate surface area is 125 Å². The van der Waals surface area contributed by atoms with Crippen molar-refractivity contribution < 1.29 is 13.9 Å². The van der Waals surface area contributed by atoms with E-state index < -0.39 is 5.97 Å². The van der Waals surface area contributed by atoms with Crippen LogP contribution in [-0.4, -0.2) is 18.1 Å². The number of oxazole rings is 1. The van der Waals surface area contributed by atoms with Crippen molar-refractivity contribution in [2.45, 2.75) is 0 Å². The van der Waals surface area contributed by atoms with E-state index in [2.05, 4.69) is 9.72 Å². The van der Waals surface area contributed by atoms with Gasteiger partial charge in [0.2, 0.25) is 5.89 Å². The summed E-state index contributed by atoms with van der Waals surface area (Å²) >= 11 is 6.07. The molecular weight excluding hydrogens is 292 g/mol. The highest BCUT2D eigenvalue weighted by molar-refractivity contribution is 6.35. The number of nitrogens with two attached hydrogens (primary N) is 1. The fourth-order valence-corrected chi connectivity index (χ4v) is 2.26. The molecule has 3 aromatic rings. The third-order valence-corrected chi connectivity index (χ3v) is 3.30. The Morgan fingerprint density at radius 2 is 2.00 bits per heavy atom. The predicted molar refractivity (Wildman–Crippen MR) is 80.2 cm³/mol. The molecule has 0 amide bonds. The highest BCUT2D eigenvalue weighted by Crippen LogP contribution is 2.31. The number of halogens is 1. The van der Waals surface area contributed by atoms with Crippen LogP contribution in [0.25, 0.3) is 22.6 Å². The Kier molecular flexibility index (Phi) is 3.27. The summed E-state index contributed by atoms with van der Waals surface area (Å²) in [6.45, 7) is 0. The van der Waals surface area contributed by atoms with Crippen LogP contribution in [0.3, 0.4) is 0 Å². The van der Waals surface area contributed by atoms with Crippen LogP contribution in [0.15, 0.2) is 40.8 Å². The van der Waals surface area contributed by atoms with E-state index >= 15 is 0 Å². The van der Waals surface area contributed by atoms with Crippen molar-refractivity contribution >= 4 is 34.4 Å². The Balaban J connectivity index is 2.04. The maximum atomic E-state index is 11.4. The minimum Gasteiger partial charge on any atom is -0.465 e. The molecule has 106 valence electrons. The van der Waals surface area contributed by atoms with Crippen molar-refractivity contribution in [3.8, 4) is 11.5 Å². The van der Waals surface area contributed by atoms with Gasteiger partial charge in [-0.2, -0.15) is 0 Å². The highest BCUT2D eigenvalue weighted by atomic mass is 35.5. The molecule has 0 unspecified atom stereocenters. The summed E-state index contributed by atoms with van der Waals surface area (Å²) in [6.07, 6.45) is 0. The third-order valence-electron chi connectivity index (χ3n) is 3.02. The molecule has 0 saturated carbocycles. The third kappa shape index (κ3) is 2.43. The number of benzene rings is 2. The van der Waals surface area contributed by atoms with Gasteiger partial charge in [0.1, 0.15) is 5.52 Å². The van der Waals surface area contributed by atoms with Crippen molar-refractivity contribution in [3.63, 3.8) is 0 Å². The number of carbonyl (C=O) groups is 1. The molecule has 2 aromatic carbocycles. The number of methoxy groups -OCH3 is 1. The van der Waals surface area contributed by atoms with Crippen LogP contribution < -0.4 is 5.73 Å². The van der Waals surface area contributed by atoms with Gasteiger partial charge < -0.3 is 14.9 Å². The lowest BCUT2D eigenvalue weighted by Gasteiger charge is -1.99. The van der Waals surface area contributed by atoms with Gasteiger partial charge in [-0.05, 0) is 36.4 Å². The van der Waals surface area contributed by atoms with E-state index in [1.165, 1.54) is 7.11 Å². The summed E-state index contributed by atoms with van der Waals surface area (Å²) in [5.41, 5.74) is 8.51. The summed E-state index contributed by atoms with van der Waals surface area (Å²) in [5.74, 6) is 0.0175. The minimum absolute atomic E-state index is 0.394. The lowest BCUT2D eigenvalue weighted by atomic mass is 10.1. The second kappa shape index (κ2) is 5.10. The summed E-state index contributed by atoms with van der Waals surface area (Å²) in [7, 11) is 1.34. The zero-order valence-electron chi connectivity index (χ0n) is 11.1. The van der Waals surface area contributed by atoms with Crippen LogP contribution in [0, 0.1) is 0 Å². The van der Waals surface area contributed by atoms with Gasteiger partial charge >= 0.3 is 5.97 Å². The van der Waals surface area contributed by atoms with Gasteiger partial charge in [-0.25, -0.2) is 9.78 Å². The van der Waals surface area contributed by atoms with Crippen LogP contribution in [0.5, 0.6) is 0 Å². The van der Waals surface area contributed by atoms with Crippen LogP contribution in [0.2, 0.25) is 5.02 Å². The molecule has 0 atom stereocenters. The van der Waals surface area contributed by atoms with Crippen LogP contribution in [-0.2, 0) is 4.74 Å². The molecule has 0 saturated heterocycles. The molecule has 0 aliphatic carbocycles. The number of nitrogens with zero attached hydrogens (tertiary/aromatic N) is 1. The van der Waals surface area contributed by atoms with E-state index in [1.807, 2.05) is 0 Å². The molecule has 0 fully saturated rings. The molecule has 0 aliphatic rings. The monoisotopic (exact) mass is 302 g/mol. The predicted octanol–water partition coefficient (Wildman–Crippen LogP) is 3.52. The number of nitrogen functional groups attached to an aromatic ring is 1. The maximum absolute atomic E-state index is 11.4. The summed E-state index contributed by atoms with van der Waals surface area (Å²) < 4.78 is 10.3. The van der Waals surface area contributed by atoms with Crippen molar-refractivity contribution in [2.75, 3.05) is 12.8 Å². The van der Waals surface area contributed by atoms with E-state index in [4.69, 9.17) is 21.8 Å². The molecular formula is C15H11ClN2O3. The Hall–Kier alpha value is -2.53. The maximum Gasteiger partial charge on any atom is 0.337 e. The van der Waals surface area contributed by atoms with Crippen molar-refractivity contribution in [2.24, 2.45) is 0 Å². The molecule has 1 heterocycles. The first-order valence-electron chi connectivity index (χ1n) is 6.13. The number of carbonyl (C=O) groups excluding carboxylic acids is 1. The highest BCUT2D eigenvalue weighted by Gasteiger charge is 2.13. The van der Waals surface area contributed by atoms with Gasteiger partial charge in [-0.3, -0.25) is 0 Å². The average Bonchev–Trinajstić information content (AvgIpc) is 2.91. The van der Waals surface area contributed by atoms with E-state index in [0.717, 1.165) is 5.56 Å². The average molecular weight is 303 g/mol. The van der Waals surface area contributed by atoms with Gasteiger partial charge in [-0.15, -0.1) is 0 Å². The number of ether oxygens (including phenoxy) is 1. The van der Waals surface area contributed by atoms with Gasteiger partial charge in [0.05, 0.1) is 17.7 Å². The normalized spacial score (nSPS) is 10.8. The van der Waals surface area contributed by atoms with Crippen LogP contribution in [0.1, 0.15) is 10.4 Å². The summed E-state index contributed by atoms with van der Waals surface area (Å²) in [4.78, 5) is 15.7. The Morgan fingerprint density at radius 1 is 1.29 bits per heavy atom. The van der Waals surface area contributed by atoms with Gasteiger partial charge in [0, 0.05) is 11.3 Å². The molecule has 1 aromatic heterocycles. The van der Waals surface area contributed by atoms with E-state index in [-0.39, 0.29) is 0 Å². The van der Waals surface area contributed by atoms with E-state index in [9.17, 15) is 4.79 Å². The first-order valence-corrected chi connectivity index (χ1v) is 6.50. The number of anilines is 1. The number of fused-ring (bicyclic) bond motifs is 1. The van der Waals surface area contributed by atoms with Crippen molar-refractivity contribution in [3.05, 3.63) is 47.0 Å². The number of hydrogen-bond acceptors (Lipinski definition) is 5. The lowest BCUT2D eigenvalue weighted by molar-refractivity contribution is 0.0601. The topological polar surface area (TPSA) is 78.3 Å². The van der Waals surface area contributed by atoms with Gasteiger partial charge in [-0.1, -0.05) is 11.6 Å². The fourth-order valence-electron chi connectivity index (χ4n) is 2.00. The molecule has 0 radical (unpaired) electrons. The number of esters is 1. The molecule has 3 rings (SSSR count). The molecule has 21 heavy (non-hydrogen) atoms. The Bertz CT molecular complexity index is 825. The Morgan fingerprint density at radius 3 is 2.67 bits per heavy atom. The minimum atomic E-state index is -0.394. The van der Waals surface area contributed by atoms with Crippen molar-refractivity contribution in [1.82, 2.24) is 4.98 Å². The molecule has 0 spiro atoms. The number of aromatic nitrogens is 1. The second-order valence-corrected chi connectivity index (χ2v) is 4.85. The van der Waals surface area contributed by atoms with Gasteiger partial charge in [0.25, 0.3) is 0 Å². The lowest BCUT2D eigenvalue weighted by Crippen LogP contribution is -2.00. The fraction of sp³-hybridized carbons (Fsp3) is 0.0667. The smallest absolute Gasteiger partial charge is 0.337 e. The first kappa shape index (κ1) is 13.5. The van der Waals surface area contributed by atoms with E-state index in [1.54, 1.807) is 36.4 Å². The molecule has 5 nitrogen and oxygen atoms in total. The van der Waals surface area contributed by atoms with E-state index in [0.29, 0.717) is 33.3 Å². The quantitative estimate of drug-likeness (QED) is 0.579. The summed E-state index contributed by atoms with van der Waals surface area (Å²) in [5, 5.41) is 0.412. The number of hydrogen-bond donors (Lipinski definition) is 1. The van der Waals surface area contributed by atoms with Crippen LogP contribution >= 0.6 is 11.6 Å². The SMILES string of the molecule is COC(=O)c1ccc(-c2nc3cc(N)cc(Cl)c3o2)cc1. The molecule has 0 bridgehead atoms.